The molecular formula is C18H13Cl2N3O2S. The van der Waals surface area contributed by atoms with Crippen LogP contribution in [0.3, 0.4) is 0 Å². The van der Waals surface area contributed by atoms with Crippen LogP contribution in [-0.4, -0.2) is 23.2 Å². The van der Waals surface area contributed by atoms with Crippen molar-refractivity contribution in [1.82, 2.24) is 10.2 Å². The van der Waals surface area contributed by atoms with Crippen molar-refractivity contribution in [3.05, 3.63) is 69.1 Å². The molecule has 0 fully saturated rings. The van der Waals surface area contributed by atoms with Crippen molar-refractivity contribution < 1.29 is 9.53 Å². The average Bonchev–Trinajstić information content (AvgIpc) is 3.14. The zero-order valence-electron chi connectivity index (χ0n) is 13.6. The zero-order valence-corrected chi connectivity index (χ0v) is 15.9. The molecule has 0 aliphatic rings. The molecule has 0 spiro atoms. The van der Waals surface area contributed by atoms with Gasteiger partial charge < -0.3 is 10.1 Å². The molecular weight excluding hydrogens is 393 g/mol. The van der Waals surface area contributed by atoms with Gasteiger partial charge in [-0.2, -0.15) is 0 Å². The summed E-state index contributed by atoms with van der Waals surface area (Å²) in [6, 6.07) is 14.2. The van der Waals surface area contributed by atoms with Crippen molar-refractivity contribution in [2.24, 2.45) is 0 Å². The summed E-state index contributed by atoms with van der Waals surface area (Å²) in [4.78, 5) is 12.3. The van der Waals surface area contributed by atoms with Crippen LogP contribution in [-0.2, 0) is 0 Å². The van der Waals surface area contributed by atoms with E-state index >= 15 is 0 Å². The van der Waals surface area contributed by atoms with Gasteiger partial charge in [0.25, 0.3) is 5.91 Å². The largest absolute Gasteiger partial charge is 0.497 e. The van der Waals surface area contributed by atoms with E-state index in [9.17, 15) is 4.79 Å². The summed E-state index contributed by atoms with van der Waals surface area (Å²) in [6.07, 6.45) is 1.74. The highest BCUT2D eigenvalue weighted by atomic mass is 35.5. The molecule has 26 heavy (non-hydrogen) atoms. The molecule has 1 heterocycles. The minimum atomic E-state index is -0.359. The maximum Gasteiger partial charge on any atom is 0.286 e. The summed E-state index contributed by atoms with van der Waals surface area (Å²) >= 11 is 13.2. The summed E-state index contributed by atoms with van der Waals surface area (Å²) in [5, 5.41) is 12.3. The average molecular weight is 406 g/mol. The van der Waals surface area contributed by atoms with Crippen LogP contribution in [0.25, 0.3) is 11.1 Å². The second-order valence-corrected chi connectivity index (χ2v) is 6.96. The number of amides is 1. The van der Waals surface area contributed by atoms with Gasteiger partial charge in [0.2, 0.25) is 5.01 Å². The molecule has 0 atom stereocenters. The summed E-state index contributed by atoms with van der Waals surface area (Å²) in [7, 11) is 1.60. The fraction of sp³-hybridized carbons (Fsp3) is 0.0556. The van der Waals surface area contributed by atoms with E-state index < -0.39 is 0 Å². The van der Waals surface area contributed by atoms with Crippen molar-refractivity contribution in [3.8, 4) is 5.75 Å². The van der Waals surface area contributed by atoms with Gasteiger partial charge in [-0.15, -0.1) is 10.2 Å². The van der Waals surface area contributed by atoms with Crippen molar-refractivity contribution in [2.75, 3.05) is 12.4 Å². The van der Waals surface area contributed by atoms with Crippen LogP contribution in [0.15, 0.2) is 48.5 Å². The summed E-state index contributed by atoms with van der Waals surface area (Å²) < 4.78 is 5.18. The number of halogens is 2. The summed E-state index contributed by atoms with van der Waals surface area (Å²) in [5.41, 5.74) is 1.48. The molecule has 0 bridgehead atoms. The van der Waals surface area contributed by atoms with Gasteiger partial charge in [0.15, 0.2) is 5.01 Å². The van der Waals surface area contributed by atoms with Crippen molar-refractivity contribution in [3.63, 3.8) is 0 Å². The molecule has 1 N–H and O–H groups in total. The number of ether oxygens (including phenoxy) is 1. The second kappa shape index (κ2) is 8.31. The lowest BCUT2D eigenvalue weighted by Gasteiger charge is -2.02. The number of aromatic nitrogens is 2. The van der Waals surface area contributed by atoms with E-state index in [1.54, 1.807) is 37.5 Å². The molecule has 2 aromatic carbocycles. The molecule has 5 nitrogen and oxygen atoms in total. The Hall–Kier alpha value is -2.41. The number of rotatable bonds is 5. The molecule has 0 aliphatic heterocycles. The number of carbonyl (C=O) groups excluding carboxylic acids is 1. The fourth-order valence-corrected chi connectivity index (χ4v) is 3.12. The first-order valence-corrected chi connectivity index (χ1v) is 9.04. The Morgan fingerprint density at radius 3 is 2.62 bits per heavy atom. The van der Waals surface area contributed by atoms with Crippen molar-refractivity contribution in [2.45, 2.75) is 0 Å². The topological polar surface area (TPSA) is 64.1 Å². The minimum Gasteiger partial charge on any atom is -0.497 e. The predicted molar refractivity (Wildman–Crippen MR) is 106 cm³/mol. The van der Waals surface area contributed by atoms with Crippen LogP contribution in [0, 0.1) is 0 Å². The van der Waals surface area contributed by atoms with E-state index in [1.807, 2.05) is 24.3 Å². The van der Waals surface area contributed by atoms with Gasteiger partial charge >= 0.3 is 0 Å². The Labute approximate surface area is 164 Å². The van der Waals surface area contributed by atoms with Crippen LogP contribution >= 0.6 is 34.5 Å². The molecule has 0 saturated heterocycles. The number of hydrogen-bond acceptors (Lipinski definition) is 5. The smallest absolute Gasteiger partial charge is 0.286 e. The number of hydrogen-bond donors (Lipinski definition) is 1. The molecule has 0 aliphatic carbocycles. The van der Waals surface area contributed by atoms with Gasteiger partial charge in [-0.1, -0.05) is 46.7 Å². The number of nitrogens with zero attached hydrogens (tertiary/aromatic N) is 2. The first-order valence-electron chi connectivity index (χ1n) is 7.47. The van der Waals surface area contributed by atoms with Crippen molar-refractivity contribution in [1.29, 1.82) is 0 Å². The lowest BCUT2D eigenvalue weighted by molar-refractivity contribution is 0.102. The van der Waals surface area contributed by atoms with Crippen LogP contribution in [0.2, 0.25) is 5.02 Å². The molecule has 0 saturated carbocycles. The summed E-state index contributed by atoms with van der Waals surface area (Å²) in [6.45, 7) is 0. The van der Waals surface area contributed by atoms with Crippen LogP contribution < -0.4 is 10.1 Å². The Bertz CT molecular complexity index is 955. The normalized spacial score (nSPS) is 11.3. The van der Waals surface area contributed by atoms with E-state index in [2.05, 4.69) is 15.5 Å². The minimum absolute atomic E-state index is 0.215. The van der Waals surface area contributed by atoms with Crippen LogP contribution in [0.4, 0.5) is 5.69 Å². The standard InChI is InChI=1S/C18H13Cl2N3O2S/c1-25-14-4-2-3-11(9-14)10-15(20)17-22-23-18(26-17)16(24)21-13-7-5-12(19)6-8-13/h2-10H,1H3,(H,21,24)/b15-10-. The number of nitrogens with one attached hydrogen (secondary N) is 1. The maximum atomic E-state index is 12.3. The number of anilines is 1. The van der Waals surface area contributed by atoms with E-state index in [0.717, 1.165) is 22.6 Å². The highest BCUT2D eigenvalue weighted by Gasteiger charge is 2.15. The molecule has 132 valence electrons. The maximum absolute atomic E-state index is 12.3. The highest BCUT2D eigenvalue weighted by Crippen LogP contribution is 2.27. The molecule has 3 rings (SSSR count). The zero-order chi connectivity index (χ0) is 18.5. The Morgan fingerprint density at radius 1 is 1.15 bits per heavy atom. The Morgan fingerprint density at radius 2 is 1.88 bits per heavy atom. The van der Waals surface area contributed by atoms with Gasteiger partial charge in [-0.25, -0.2) is 0 Å². The van der Waals surface area contributed by atoms with Gasteiger partial charge in [0, 0.05) is 10.7 Å². The van der Waals surface area contributed by atoms with Gasteiger partial charge in [0.1, 0.15) is 5.75 Å². The highest BCUT2D eigenvalue weighted by molar-refractivity contribution is 7.15. The third kappa shape index (κ3) is 4.60. The van der Waals surface area contributed by atoms with Gasteiger partial charge in [-0.05, 0) is 48.0 Å². The number of benzene rings is 2. The van der Waals surface area contributed by atoms with E-state index in [4.69, 9.17) is 27.9 Å². The molecule has 1 amide bonds. The lowest BCUT2D eigenvalue weighted by atomic mass is 10.2. The quantitative estimate of drug-likeness (QED) is 0.634. The molecule has 0 unspecified atom stereocenters. The van der Waals surface area contributed by atoms with Gasteiger partial charge in [-0.3, -0.25) is 4.79 Å². The van der Waals surface area contributed by atoms with E-state index in [1.165, 1.54) is 0 Å². The van der Waals surface area contributed by atoms with Crippen LogP contribution in [0.1, 0.15) is 20.4 Å². The predicted octanol–water partition coefficient (Wildman–Crippen LogP) is 5.19. The van der Waals surface area contributed by atoms with Crippen molar-refractivity contribution >= 4 is 57.2 Å². The molecule has 8 heteroatoms. The van der Waals surface area contributed by atoms with E-state index in [-0.39, 0.29) is 10.9 Å². The first kappa shape index (κ1) is 18.4. The molecule has 3 aromatic rings. The Balaban J connectivity index is 1.74. The Kier molecular flexibility index (Phi) is 5.88. The molecule has 0 radical (unpaired) electrons. The monoisotopic (exact) mass is 405 g/mol. The van der Waals surface area contributed by atoms with E-state index in [0.29, 0.717) is 20.7 Å². The second-order valence-electron chi connectivity index (χ2n) is 5.14. The number of carbonyl (C=O) groups is 1. The third-order valence-corrected chi connectivity index (χ3v) is 4.92. The SMILES string of the molecule is COc1cccc(/C=C(\Cl)c2nnc(C(=O)Nc3ccc(Cl)cc3)s2)c1. The molecule has 1 aromatic heterocycles. The lowest BCUT2D eigenvalue weighted by Crippen LogP contribution is -2.11. The summed E-state index contributed by atoms with van der Waals surface area (Å²) in [5.74, 6) is 0.366. The first-order chi connectivity index (χ1) is 12.5. The third-order valence-electron chi connectivity index (χ3n) is 3.31. The fourth-order valence-electron chi connectivity index (χ4n) is 2.07. The van der Waals surface area contributed by atoms with Gasteiger partial charge in [0.05, 0.1) is 12.1 Å². The number of methoxy groups -OCH3 is 1. The van der Waals surface area contributed by atoms with Crippen LogP contribution in [0.5, 0.6) is 5.75 Å².